The van der Waals surface area contributed by atoms with Gasteiger partial charge in [0.05, 0.1) is 25.0 Å². The van der Waals surface area contributed by atoms with Gasteiger partial charge in [0.1, 0.15) is 10.8 Å². The molecule has 3 aromatic rings. The van der Waals surface area contributed by atoms with Gasteiger partial charge in [0.25, 0.3) is 5.91 Å². The second kappa shape index (κ2) is 11.6. The molecule has 0 spiro atoms. The Bertz CT molecular complexity index is 1290. The number of ether oxygens (including phenoxy) is 2. The molecule has 7 nitrogen and oxygen atoms in total. The molecule has 4 rings (SSSR count). The van der Waals surface area contributed by atoms with Gasteiger partial charge in [0, 0.05) is 21.0 Å². The van der Waals surface area contributed by atoms with Crippen molar-refractivity contribution in [1.82, 2.24) is 0 Å². The van der Waals surface area contributed by atoms with Gasteiger partial charge in [0.2, 0.25) is 5.91 Å². The topological polar surface area (TPSA) is 93.7 Å². The van der Waals surface area contributed by atoms with E-state index in [9.17, 15) is 14.4 Å². The number of aryl methyl sites for hydroxylation is 1. The maximum atomic E-state index is 13.0. The summed E-state index contributed by atoms with van der Waals surface area (Å²) < 4.78 is 10.2. The molecule has 1 atom stereocenters. The number of amides is 2. The first-order valence-corrected chi connectivity index (χ1v) is 13.3. The number of rotatable bonds is 8. The Morgan fingerprint density at radius 1 is 1.00 bits per heavy atom. The number of thioether (sulfide) groups is 1. The molecule has 1 unspecified atom stereocenters. The van der Waals surface area contributed by atoms with E-state index in [1.165, 1.54) is 30.2 Å². The molecule has 2 N–H and O–H groups in total. The summed E-state index contributed by atoms with van der Waals surface area (Å²) >= 11 is 2.84. The van der Waals surface area contributed by atoms with E-state index in [-0.39, 0.29) is 11.8 Å². The van der Waals surface area contributed by atoms with E-state index >= 15 is 0 Å². The average Bonchev–Trinajstić information content (AvgIpc) is 3.26. The first-order chi connectivity index (χ1) is 17.4. The Morgan fingerprint density at radius 3 is 2.56 bits per heavy atom. The first-order valence-electron chi connectivity index (χ1n) is 11.7. The van der Waals surface area contributed by atoms with Gasteiger partial charge >= 0.3 is 5.97 Å². The summed E-state index contributed by atoms with van der Waals surface area (Å²) in [4.78, 5) is 40.1. The number of thiophene rings is 1. The fourth-order valence-electron chi connectivity index (χ4n) is 4.06. The van der Waals surface area contributed by atoms with E-state index in [0.717, 1.165) is 41.0 Å². The molecule has 1 aliphatic carbocycles. The van der Waals surface area contributed by atoms with Crippen LogP contribution in [-0.2, 0) is 22.4 Å². The van der Waals surface area contributed by atoms with Crippen LogP contribution in [0.1, 0.15) is 50.9 Å². The maximum Gasteiger partial charge on any atom is 0.341 e. The zero-order valence-corrected chi connectivity index (χ0v) is 22.0. The fourth-order valence-corrected chi connectivity index (χ4v) is 6.26. The summed E-state index contributed by atoms with van der Waals surface area (Å²) in [6.45, 7) is 1.81. The number of esters is 1. The minimum Gasteiger partial charge on any atom is -0.497 e. The van der Waals surface area contributed by atoms with E-state index in [4.69, 9.17) is 9.47 Å². The van der Waals surface area contributed by atoms with Crippen molar-refractivity contribution in [3.63, 3.8) is 0 Å². The average molecular weight is 525 g/mol. The molecule has 9 heteroatoms. The molecule has 0 radical (unpaired) electrons. The van der Waals surface area contributed by atoms with Crippen molar-refractivity contribution in [3.8, 4) is 5.75 Å². The van der Waals surface area contributed by atoms with Gasteiger partial charge in [-0.1, -0.05) is 12.1 Å². The standard InChI is InChI=1S/C27H28N2O5S2/c1-16(24(30)29-26-23(27(32)34-3)21-12-4-5-13-22(21)36-26)35-20-11-7-9-18(15-20)28-25(31)17-8-6-10-19(14-17)33-2/h6-11,14-16H,4-5,12-13H2,1-3H3,(H,28,31)(H,29,30). The molecule has 0 aliphatic heterocycles. The van der Waals surface area contributed by atoms with Crippen molar-refractivity contribution < 1.29 is 23.9 Å². The normalized spacial score (nSPS) is 13.3. The van der Waals surface area contributed by atoms with Crippen LogP contribution in [0.15, 0.2) is 53.4 Å². The van der Waals surface area contributed by atoms with Crippen LogP contribution in [0, 0.1) is 0 Å². The number of anilines is 2. The van der Waals surface area contributed by atoms with Crippen LogP contribution in [0.2, 0.25) is 0 Å². The Kier molecular flexibility index (Phi) is 8.32. The van der Waals surface area contributed by atoms with Crippen molar-refractivity contribution in [2.24, 2.45) is 0 Å². The molecular weight excluding hydrogens is 496 g/mol. The smallest absolute Gasteiger partial charge is 0.341 e. The van der Waals surface area contributed by atoms with Crippen LogP contribution in [0.25, 0.3) is 0 Å². The summed E-state index contributed by atoms with van der Waals surface area (Å²) in [5, 5.41) is 5.98. The lowest BCUT2D eigenvalue weighted by Gasteiger charge is -2.14. The molecule has 36 heavy (non-hydrogen) atoms. The zero-order chi connectivity index (χ0) is 25.7. The number of fused-ring (bicyclic) bond motifs is 1. The summed E-state index contributed by atoms with van der Waals surface area (Å²) in [5.74, 6) is -0.258. The van der Waals surface area contributed by atoms with Gasteiger partial charge < -0.3 is 20.1 Å². The lowest BCUT2D eigenvalue weighted by Crippen LogP contribution is -2.23. The Hall–Kier alpha value is -3.30. The number of carbonyl (C=O) groups excluding carboxylic acids is 3. The molecule has 1 aliphatic rings. The van der Waals surface area contributed by atoms with E-state index in [2.05, 4.69) is 10.6 Å². The third-order valence-corrected chi connectivity index (χ3v) is 8.20. The number of hydrogen-bond donors (Lipinski definition) is 2. The molecule has 2 amide bonds. The quantitative estimate of drug-likeness (QED) is 0.286. The van der Waals surface area contributed by atoms with Crippen molar-refractivity contribution in [3.05, 3.63) is 70.1 Å². The summed E-state index contributed by atoms with van der Waals surface area (Å²) in [6, 6.07) is 14.3. The van der Waals surface area contributed by atoms with E-state index < -0.39 is 11.2 Å². The molecule has 2 aromatic carbocycles. The number of nitrogens with one attached hydrogen (secondary N) is 2. The molecule has 188 valence electrons. The van der Waals surface area contributed by atoms with Gasteiger partial charge in [-0.2, -0.15) is 0 Å². The lowest BCUT2D eigenvalue weighted by molar-refractivity contribution is -0.115. The Morgan fingerprint density at radius 2 is 1.78 bits per heavy atom. The minimum atomic E-state index is -0.432. The zero-order valence-electron chi connectivity index (χ0n) is 20.4. The highest BCUT2D eigenvalue weighted by atomic mass is 32.2. The first kappa shape index (κ1) is 25.8. The van der Waals surface area contributed by atoms with Gasteiger partial charge in [-0.15, -0.1) is 23.1 Å². The number of methoxy groups -OCH3 is 2. The van der Waals surface area contributed by atoms with Crippen LogP contribution < -0.4 is 15.4 Å². The lowest BCUT2D eigenvalue weighted by atomic mass is 9.95. The van der Waals surface area contributed by atoms with Crippen molar-refractivity contribution in [1.29, 1.82) is 0 Å². The number of carbonyl (C=O) groups is 3. The fraction of sp³-hybridized carbons (Fsp3) is 0.296. The molecule has 0 saturated heterocycles. The molecule has 0 saturated carbocycles. The van der Waals surface area contributed by atoms with Crippen LogP contribution in [-0.4, -0.2) is 37.3 Å². The van der Waals surface area contributed by atoms with Crippen molar-refractivity contribution in [2.45, 2.75) is 42.8 Å². The van der Waals surface area contributed by atoms with Crippen LogP contribution in [0.4, 0.5) is 10.7 Å². The second-order valence-electron chi connectivity index (χ2n) is 8.37. The highest BCUT2D eigenvalue weighted by Gasteiger charge is 2.28. The van der Waals surface area contributed by atoms with Crippen LogP contribution >= 0.6 is 23.1 Å². The Labute approximate surface area is 218 Å². The summed E-state index contributed by atoms with van der Waals surface area (Å²) in [6.07, 6.45) is 3.85. The maximum absolute atomic E-state index is 13.0. The second-order valence-corrected chi connectivity index (χ2v) is 10.9. The van der Waals surface area contributed by atoms with Gasteiger partial charge in [-0.3, -0.25) is 9.59 Å². The third kappa shape index (κ3) is 5.91. The largest absolute Gasteiger partial charge is 0.497 e. The molecule has 1 aromatic heterocycles. The Balaban J connectivity index is 1.43. The van der Waals surface area contributed by atoms with Crippen LogP contribution in [0.5, 0.6) is 5.75 Å². The number of hydrogen-bond acceptors (Lipinski definition) is 7. The molecule has 1 heterocycles. The van der Waals surface area contributed by atoms with E-state index in [0.29, 0.717) is 27.6 Å². The predicted molar refractivity (Wildman–Crippen MR) is 144 cm³/mol. The van der Waals surface area contributed by atoms with E-state index in [1.807, 2.05) is 25.1 Å². The van der Waals surface area contributed by atoms with Crippen molar-refractivity contribution >= 4 is 51.6 Å². The third-order valence-electron chi connectivity index (χ3n) is 5.90. The van der Waals surface area contributed by atoms with Gasteiger partial charge in [-0.05, 0) is 74.6 Å². The predicted octanol–water partition coefficient (Wildman–Crippen LogP) is 5.79. The molecular formula is C27H28N2O5S2. The summed E-state index contributed by atoms with van der Waals surface area (Å²) in [7, 11) is 2.91. The van der Waals surface area contributed by atoms with Gasteiger partial charge in [0.15, 0.2) is 0 Å². The monoisotopic (exact) mass is 524 g/mol. The van der Waals surface area contributed by atoms with Crippen molar-refractivity contribution in [2.75, 3.05) is 24.9 Å². The van der Waals surface area contributed by atoms with Gasteiger partial charge in [-0.25, -0.2) is 4.79 Å². The highest BCUT2D eigenvalue weighted by Crippen LogP contribution is 2.39. The SMILES string of the molecule is COC(=O)c1c(NC(=O)C(C)Sc2cccc(NC(=O)c3cccc(OC)c3)c2)sc2c1CCCC2. The van der Waals surface area contributed by atoms with E-state index in [1.54, 1.807) is 37.4 Å². The van der Waals surface area contributed by atoms with Crippen LogP contribution in [0.3, 0.4) is 0 Å². The molecule has 0 fully saturated rings. The minimum absolute atomic E-state index is 0.199. The molecule has 0 bridgehead atoms. The summed E-state index contributed by atoms with van der Waals surface area (Å²) in [5.41, 5.74) is 2.61. The number of benzene rings is 2. The highest BCUT2D eigenvalue weighted by molar-refractivity contribution is 8.00.